The molecular formula is C37H62O31. The molecule has 31 heteroatoms. The molecule has 1 unspecified atom stereocenters. The van der Waals surface area contributed by atoms with Gasteiger partial charge in [0.15, 0.2) is 44.0 Å². The summed E-state index contributed by atoms with van der Waals surface area (Å²) in [4.78, 5) is 11.2. The van der Waals surface area contributed by atoms with Gasteiger partial charge in [-0.3, -0.25) is 0 Å². The van der Waals surface area contributed by atoms with Gasteiger partial charge >= 0.3 is 0 Å². The summed E-state index contributed by atoms with van der Waals surface area (Å²) in [6.45, 7) is -3.67. The van der Waals surface area contributed by atoms with E-state index in [4.69, 9.17) is 56.8 Å². The zero-order valence-electron chi connectivity index (χ0n) is 35.8. The summed E-state index contributed by atoms with van der Waals surface area (Å²) in [6.07, 6.45) is -53.4. The number of aliphatic hydroxyl groups is 18. The molecule has 0 aliphatic carbocycles. The molecule has 30 atom stereocenters. The molecule has 6 heterocycles. The van der Waals surface area contributed by atoms with Crippen LogP contribution in [0.15, 0.2) is 0 Å². The highest BCUT2D eigenvalue weighted by atomic mass is 16.8. The maximum atomic E-state index is 11.2. The lowest BCUT2D eigenvalue weighted by atomic mass is 9.97. The Morgan fingerprint density at radius 3 is 0.735 bits per heavy atom. The number of rotatable bonds is 17. The zero-order chi connectivity index (χ0) is 50.0. The largest absolute Gasteiger partial charge is 0.387 e. The molecule has 0 aromatic heterocycles. The second-order valence-electron chi connectivity index (χ2n) is 17.1. The van der Waals surface area contributed by atoms with E-state index in [9.17, 15) is 96.7 Å². The van der Waals surface area contributed by atoms with E-state index in [0.717, 1.165) is 7.11 Å². The van der Waals surface area contributed by atoms with Crippen LogP contribution in [0.1, 0.15) is 0 Å². The Balaban J connectivity index is 1.01. The molecule has 0 aromatic carbocycles. The van der Waals surface area contributed by atoms with Crippen LogP contribution in [0.2, 0.25) is 0 Å². The maximum absolute atomic E-state index is 11.2. The molecule has 6 fully saturated rings. The van der Waals surface area contributed by atoms with E-state index in [1.165, 1.54) is 0 Å². The molecule has 0 radical (unpaired) electrons. The molecule has 0 spiro atoms. The normalized spacial score (nSPS) is 52.7. The minimum Gasteiger partial charge on any atom is -0.387 e. The standard InChI is InChI=1S/C37H62O31/c1-57-32-26(51)21(46)15(40)9(64-32)3-59-34-28(53)23(48)17(42)11(66-34)5-61-36-30(55)25(50)19(44)13(68-36)7-62-37-31(56)24(49)18(43)12(67-37)6-60-35-29(54)22(47)16(41)10(65-35)4-58-33-27(52)20(45)14(39)8(2-38)63-33/h2,8-37,39-56H,3-7H2,1H3/t8-,9-,10-,11-,12-,13-,14-,15-,16-,17-,18-,19-,20+,21+,22+,23+,24+,25+,26-,27-,28-,29-,30-,31-,32?,33-,34-,35-,36-,37-/m1/s1. The summed E-state index contributed by atoms with van der Waals surface area (Å²) in [5.41, 5.74) is 0. The number of aldehydes is 1. The predicted molar refractivity (Wildman–Crippen MR) is 203 cm³/mol. The number of methoxy groups -OCH3 is 1. The molecule has 0 amide bonds. The van der Waals surface area contributed by atoms with Crippen LogP contribution in [0.4, 0.5) is 0 Å². The molecule has 6 aliphatic heterocycles. The van der Waals surface area contributed by atoms with Gasteiger partial charge in [-0.05, 0) is 0 Å². The molecule has 18 N–H and O–H groups in total. The van der Waals surface area contributed by atoms with Crippen LogP contribution in [-0.4, -0.2) is 323 Å². The van der Waals surface area contributed by atoms with Gasteiger partial charge in [0.1, 0.15) is 146 Å². The monoisotopic (exact) mass is 1000 g/mol. The van der Waals surface area contributed by atoms with Crippen molar-refractivity contribution in [1.29, 1.82) is 0 Å². The van der Waals surface area contributed by atoms with Crippen LogP contribution in [-0.2, 0) is 61.6 Å². The average Bonchev–Trinajstić information content (AvgIpc) is 3.33. The highest BCUT2D eigenvalue weighted by molar-refractivity contribution is 5.57. The summed E-state index contributed by atoms with van der Waals surface area (Å²) in [5, 5.41) is 188. The Morgan fingerprint density at radius 1 is 0.294 bits per heavy atom. The van der Waals surface area contributed by atoms with E-state index in [0.29, 0.717) is 0 Å². The fraction of sp³-hybridized carbons (Fsp3) is 0.973. The van der Waals surface area contributed by atoms with Crippen LogP contribution >= 0.6 is 0 Å². The Bertz CT molecular complexity index is 1560. The van der Waals surface area contributed by atoms with Gasteiger partial charge in [-0.15, -0.1) is 0 Å². The lowest BCUT2D eigenvalue weighted by molar-refractivity contribution is -0.351. The molecule has 6 aliphatic rings. The van der Waals surface area contributed by atoms with Gasteiger partial charge in [0.05, 0.1) is 33.0 Å². The molecule has 6 saturated heterocycles. The van der Waals surface area contributed by atoms with Crippen LogP contribution in [0.3, 0.4) is 0 Å². The number of hydrogen-bond donors (Lipinski definition) is 18. The third kappa shape index (κ3) is 11.9. The highest BCUT2D eigenvalue weighted by Crippen LogP contribution is 2.31. The molecule has 0 saturated carbocycles. The van der Waals surface area contributed by atoms with E-state index in [-0.39, 0.29) is 6.29 Å². The Morgan fingerprint density at radius 2 is 0.500 bits per heavy atom. The van der Waals surface area contributed by atoms with Crippen molar-refractivity contribution in [2.75, 3.05) is 40.1 Å². The zero-order valence-corrected chi connectivity index (χ0v) is 35.8. The Kier molecular flexibility index (Phi) is 19.7. The number of carbonyl (C=O) groups excluding carboxylic acids is 1. The fourth-order valence-corrected chi connectivity index (χ4v) is 8.09. The van der Waals surface area contributed by atoms with Crippen LogP contribution < -0.4 is 0 Å². The van der Waals surface area contributed by atoms with Crippen molar-refractivity contribution in [1.82, 2.24) is 0 Å². The molecule has 68 heavy (non-hydrogen) atoms. The van der Waals surface area contributed by atoms with Gasteiger partial charge in [0.2, 0.25) is 0 Å². The summed E-state index contributed by atoms with van der Waals surface area (Å²) in [5.74, 6) is 0. The van der Waals surface area contributed by atoms with E-state index in [1.807, 2.05) is 0 Å². The quantitative estimate of drug-likeness (QED) is 0.0602. The van der Waals surface area contributed by atoms with Gasteiger partial charge in [-0.25, -0.2) is 0 Å². The minimum atomic E-state index is -2.01. The summed E-state index contributed by atoms with van der Waals surface area (Å²) in [7, 11) is 1.16. The second kappa shape index (κ2) is 24.0. The molecule has 0 aromatic rings. The smallest absolute Gasteiger partial charge is 0.187 e. The molecule has 31 nitrogen and oxygen atoms in total. The third-order valence-corrected chi connectivity index (χ3v) is 12.4. The van der Waals surface area contributed by atoms with Crippen LogP contribution in [0.25, 0.3) is 0 Å². The van der Waals surface area contributed by atoms with Crippen molar-refractivity contribution >= 4 is 6.29 Å². The Labute approximate surface area is 384 Å². The van der Waals surface area contributed by atoms with E-state index in [2.05, 4.69) is 0 Å². The maximum Gasteiger partial charge on any atom is 0.187 e. The van der Waals surface area contributed by atoms with Gasteiger partial charge in [0.25, 0.3) is 0 Å². The SMILES string of the molecule is COC1O[C@H](CO[C@@H]2O[C@H](CO[C@@H]3O[C@H](CO[C@@H]4O[C@H](CO[C@@H]5O[C@H](CO[C@@H]6O[C@H](C=O)[C@@H](O)[C@H](O)[C@H]6O)[C@@H](O)[C@H](O)[C@H]5O)[C@@H](O)[C@H](O)[C@H]4O)[C@@H](O)[C@H](O)[C@H]3O)[C@@H](O)[C@H](O)[C@H]2O)[C@@H](O)[C@H](O)[C@H]1O. The first-order valence-electron chi connectivity index (χ1n) is 21.4. The lowest BCUT2D eigenvalue weighted by Crippen LogP contribution is -2.63. The van der Waals surface area contributed by atoms with Crippen LogP contribution in [0, 0.1) is 0 Å². The first kappa shape index (κ1) is 55.8. The van der Waals surface area contributed by atoms with Crippen molar-refractivity contribution in [3.8, 4) is 0 Å². The second-order valence-corrected chi connectivity index (χ2v) is 17.1. The summed E-state index contributed by atoms with van der Waals surface area (Å²) in [6, 6.07) is 0. The summed E-state index contributed by atoms with van der Waals surface area (Å²) < 4.78 is 65.1. The van der Waals surface area contributed by atoms with E-state index < -0.39 is 217 Å². The molecule has 6 rings (SSSR count). The van der Waals surface area contributed by atoms with Gasteiger partial charge < -0.3 is 154 Å². The third-order valence-electron chi connectivity index (χ3n) is 12.4. The Hall–Kier alpha value is -1.53. The van der Waals surface area contributed by atoms with Crippen molar-refractivity contribution in [3.63, 3.8) is 0 Å². The topological polar surface area (TPSA) is 492 Å². The summed E-state index contributed by atoms with van der Waals surface area (Å²) >= 11 is 0. The van der Waals surface area contributed by atoms with Crippen molar-refractivity contribution in [3.05, 3.63) is 0 Å². The first-order valence-corrected chi connectivity index (χ1v) is 21.4. The number of aliphatic hydroxyl groups excluding tert-OH is 18. The van der Waals surface area contributed by atoms with Gasteiger partial charge in [-0.1, -0.05) is 0 Å². The molecule has 0 bridgehead atoms. The minimum absolute atomic E-state index is 0.150. The molecule has 396 valence electrons. The fourth-order valence-electron chi connectivity index (χ4n) is 8.09. The predicted octanol–water partition coefficient (Wildman–Crippen LogP) is -13.2. The number of ether oxygens (including phenoxy) is 12. The van der Waals surface area contributed by atoms with E-state index in [1.54, 1.807) is 0 Å². The van der Waals surface area contributed by atoms with Crippen molar-refractivity contribution < 1.29 is 154 Å². The molecular weight excluding hydrogens is 940 g/mol. The van der Waals surface area contributed by atoms with Crippen molar-refractivity contribution in [2.45, 2.75) is 184 Å². The lowest BCUT2D eigenvalue weighted by Gasteiger charge is -2.44. The number of hydrogen-bond acceptors (Lipinski definition) is 31. The van der Waals surface area contributed by atoms with E-state index >= 15 is 0 Å². The number of carbonyl (C=O) groups is 1. The highest BCUT2D eigenvalue weighted by Gasteiger charge is 2.52. The van der Waals surface area contributed by atoms with Crippen molar-refractivity contribution in [2.24, 2.45) is 0 Å². The average molecular weight is 1000 g/mol. The van der Waals surface area contributed by atoms with Gasteiger partial charge in [0, 0.05) is 7.11 Å². The van der Waals surface area contributed by atoms with Crippen LogP contribution in [0.5, 0.6) is 0 Å². The first-order chi connectivity index (χ1) is 32.1. The van der Waals surface area contributed by atoms with Gasteiger partial charge in [-0.2, -0.15) is 0 Å².